The minimum atomic E-state index is -0.00463. The van der Waals surface area contributed by atoms with Crippen LogP contribution >= 0.6 is 12.4 Å². The van der Waals surface area contributed by atoms with E-state index in [4.69, 9.17) is 5.73 Å². The Morgan fingerprint density at radius 1 is 1.50 bits per heavy atom. The van der Waals surface area contributed by atoms with E-state index >= 15 is 0 Å². The number of hydrogen-bond donors (Lipinski definition) is 1. The van der Waals surface area contributed by atoms with E-state index in [2.05, 4.69) is 0 Å². The minimum Gasteiger partial charge on any atom is -0.327 e. The lowest BCUT2D eigenvalue weighted by atomic mass is 9.86. The van der Waals surface area contributed by atoms with Crippen molar-refractivity contribution in [2.75, 3.05) is 0 Å². The second-order valence-corrected chi connectivity index (χ2v) is 3.37. The fourth-order valence-electron chi connectivity index (χ4n) is 0.457. The highest BCUT2D eigenvalue weighted by Crippen LogP contribution is 2.18. The quantitative estimate of drug-likeness (QED) is 0.629. The van der Waals surface area contributed by atoms with E-state index in [1.165, 1.54) is 0 Å². The molecule has 0 aromatic rings. The summed E-state index contributed by atoms with van der Waals surface area (Å²) in [5.41, 5.74) is 5.69. The van der Waals surface area contributed by atoms with E-state index in [1.54, 1.807) is 0 Å². The predicted octanol–water partition coefficient (Wildman–Crippen LogP) is 1.37. The van der Waals surface area contributed by atoms with Crippen LogP contribution in [0.15, 0.2) is 0 Å². The Balaban J connectivity index is 0. The third-order valence-corrected chi connectivity index (χ3v) is 1.46. The molecule has 0 aliphatic carbocycles. The van der Waals surface area contributed by atoms with E-state index in [0.717, 1.165) is 6.29 Å². The van der Waals surface area contributed by atoms with Crippen molar-refractivity contribution in [2.45, 2.75) is 33.2 Å². The van der Waals surface area contributed by atoms with Crippen LogP contribution in [0.4, 0.5) is 0 Å². The van der Waals surface area contributed by atoms with Gasteiger partial charge in [0.2, 0.25) is 0 Å². The lowest BCUT2D eigenvalue weighted by Crippen LogP contribution is -2.35. The molecule has 2 N–H and O–H groups in total. The van der Waals surface area contributed by atoms with Gasteiger partial charge in [-0.25, -0.2) is 0 Å². The van der Waals surface area contributed by atoms with Crippen molar-refractivity contribution in [1.29, 1.82) is 0 Å². The van der Waals surface area contributed by atoms with Gasteiger partial charge in [-0.1, -0.05) is 20.8 Å². The van der Waals surface area contributed by atoms with Crippen molar-refractivity contribution in [3.63, 3.8) is 0 Å². The number of carbonyl (C=O) groups is 1. The van der Waals surface area contributed by atoms with Gasteiger partial charge < -0.3 is 10.5 Å². The summed E-state index contributed by atoms with van der Waals surface area (Å²) in [4.78, 5) is 9.98. The van der Waals surface area contributed by atoms with E-state index < -0.39 is 0 Å². The van der Waals surface area contributed by atoms with Crippen molar-refractivity contribution in [1.82, 2.24) is 0 Å². The molecule has 0 fully saturated rings. The monoisotopic (exact) mass is 165 g/mol. The lowest BCUT2D eigenvalue weighted by molar-refractivity contribution is -0.108. The summed E-state index contributed by atoms with van der Waals surface area (Å²) in [6, 6.07) is -0.00463. The van der Waals surface area contributed by atoms with Crippen LogP contribution < -0.4 is 5.73 Å². The summed E-state index contributed by atoms with van der Waals surface area (Å²) in [5.74, 6) is 0. The third kappa shape index (κ3) is 4.77. The van der Waals surface area contributed by atoms with Crippen LogP contribution in [0.2, 0.25) is 0 Å². The Kier molecular flexibility index (Phi) is 5.90. The molecule has 0 saturated carbocycles. The number of nitrogens with two attached hydrogens (primary N) is 1. The summed E-state index contributed by atoms with van der Waals surface area (Å²) in [6.45, 7) is 6.09. The molecule has 0 aromatic carbocycles. The van der Waals surface area contributed by atoms with Crippen molar-refractivity contribution < 1.29 is 4.79 Å². The standard InChI is InChI=1S/C7H15NO.ClH/c1-7(2,3)6(8)4-5-9;/h5-6H,4,8H2,1-3H3;1H. The van der Waals surface area contributed by atoms with Gasteiger partial charge in [0.15, 0.2) is 0 Å². The normalized spacial score (nSPS) is 13.6. The second-order valence-electron chi connectivity index (χ2n) is 3.37. The van der Waals surface area contributed by atoms with Crippen LogP contribution in [-0.4, -0.2) is 12.3 Å². The molecule has 0 spiro atoms. The Bertz CT molecular complexity index is 98.3. The Morgan fingerprint density at radius 3 is 2.00 bits per heavy atom. The number of rotatable bonds is 2. The fourth-order valence-corrected chi connectivity index (χ4v) is 0.457. The van der Waals surface area contributed by atoms with E-state index in [0.29, 0.717) is 6.42 Å². The van der Waals surface area contributed by atoms with Gasteiger partial charge in [0.25, 0.3) is 0 Å². The molecule has 2 nitrogen and oxygen atoms in total. The predicted molar refractivity (Wildman–Crippen MR) is 45.4 cm³/mol. The van der Waals surface area contributed by atoms with Gasteiger partial charge >= 0.3 is 0 Å². The minimum absolute atomic E-state index is 0. The number of halogens is 1. The first-order chi connectivity index (χ1) is 3.98. The Morgan fingerprint density at radius 2 is 1.90 bits per heavy atom. The maximum absolute atomic E-state index is 9.98. The molecule has 0 aliphatic rings. The molecular weight excluding hydrogens is 150 g/mol. The fraction of sp³-hybridized carbons (Fsp3) is 0.857. The topological polar surface area (TPSA) is 43.1 Å². The summed E-state index contributed by atoms with van der Waals surface area (Å²) in [5, 5.41) is 0. The van der Waals surface area contributed by atoms with Crippen LogP contribution in [0.5, 0.6) is 0 Å². The van der Waals surface area contributed by atoms with Gasteiger partial charge in [-0.05, 0) is 5.41 Å². The second kappa shape index (κ2) is 4.69. The van der Waals surface area contributed by atoms with Gasteiger partial charge in [0, 0.05) is 12.5 Å². The van der Waals surface area contributed by atoms with Crippen molar-refractivity contribution >= 4 is 18.7 Å². The van der Waals surface area contributed by atoms with Gasteiger partial charge in [-0.3, -0.25) is 0 Å². The van der Waals surface area contributed by atoms with Crippen LogP contribution in [-0.2, 0) is 4.79 Å². The first-order valence-electron chi connectivity index (χ1n) is 3.17. The molecule has 0 bridgehead atoms. The molecule has 0 saturated heterocycles. The van der Waals surface area contributed by atoms with Crippen LogP contribution in [0, 0.1) is 5.41 Å². The molecule has 62 valence electrons. The average Bonchev–Trinajstić information content (AvgIpc) is 1.64. The largest absolute Gasteiger partial charge is 0.327 e. The van der Waals surface area contributed by atoms with Crippen LogP contribution in [0.3, 0.4) is 0 Å². The molecule has 1 unspecified atom stereocenters. The Labute approximate surface area is 68.6 Å². The number of carbonyl (C=O) groups excluding carboxylic acids is 1. The van der Waals surface area contributed by atoms with Gasteiger partial charge in [0.1, 0.15) is 6.29 Å². The lowest BCUT2D eigenvalue weighted by Gasteiger charge is -2.24. The summed E-state index contributed by atoms with van der Waals surface area (Å²) < 4.78 is 0. The Hall–Kier alpha value is -0.0800. The van der Waals surface area contributed by atoms with Crippen LogP contribution in [0.25, 0.3) is 0 Å². The van der Waals surface area contributed by atoms with Gasteiger partial charge in [0.05, 0.1) is 0 Å². The molecule has 0 aliphatic heterocycles. The molecular formula is C7H16ClNO. The maximum Gasteiger partial charge on any atom is 0.121 e. The van der Waals surface area contributed by atoms with Crippen molar-refractivity contribution in [3.05, 3.63) is 0 Å². The molecule has 3 heteroatoms. The highest BCUT2D eigenvalue weighted by Gasteiger charge is 2.19. The zero-order chi connectivity index (χ0) is 7.49. The smallest absolute Gasteiger partial charge is 0.121 e. The molecule has 1 atom stereocenters. The van der Waals surface area contributed by atoms with E-state index in [1.807, 2.05) is 20.8 Å². The first kappa shape index (κ1) is 12.6. The summed E-state index contributed by atoms with van der Waals surface area (Å²) >= 11 is 0. The molecule has 0 aromatic heterocycles. The molecule has 0 heterocycles. The molecule has 10 heavy (non-hydrogen) atoms. The highest BCUT2D eigenvalue weighted by molar-refractivity contribution is 5.85. The summed E-state index contributed by atoms with van der Waals surface area (Å²) in [6.07, 6.45) is 1.33. The third-order valence-electron chi connectivity index (χ3n) is 1.46. The SMILES string of the molecule is CC(C)(C)C(N)CC=O.Cl. The molecule has 0 rings (SSSR count). The van der Waals surface area contributed by atoms with Crippen molar-refractivity contribution in [2.24, 2.45) is 11.1 Å². The maximum atomic E-state index is 9.98. The van der Waals surface area contributed by atoms with E-state index in [-0.39, 0.29) is 23.9 Å². The molecule has 0 radical (unpaired) electrons. The molecule has 0 amide bonds. The van der Waals surface area contributed by atoms with Gasteiger partial charge in [-0.2, -0.15) is 0 Å². The van der Waals surface area contributed by atoms with Crippen molar-refractivity contribution in [3.8, 4) is 0 Å². The summed E-state index contributed by atoms with van der Waals surface area (Å²) in [7, 11) is 0. The highest BCUT2D eigenvalue weighted by atomic mass is 35.5. The van der Waals surface area contributed by atoms with Crippen LogP contribution in [0.1, 0.15) is 27.2 Å². The average molecular weight is 166 g/mol. The number of hydrogen-bond acceptors (Lipinski definition) is 2. The zero-order valence-electron chi connectivity index (χ0n) is 6.76. The zero-order valence-corrected chi connectivity index (χ0v) is 7.57. The first-order valence-corrected chi connectivity index (χ1v) is 3.17. The number of aldehydes is 1. The van der Waals surface area contributed by atoms with Gasteiger partial charge in [-0.15, -0.1) is 12.4 Å². The van der Waals surface area contributed by atoms with E-state index in [9.17, 15) is 4.79 Å².